The minimum Gasteiger partial charge on any atom is -0.396 e. The number of hydrogen-bond donors (Lipinski definition) is 1. The first-order valence-electron chi connectivity index (χ1n) is 13.7. The van der Waals surface area contributed by atoms with Gasteiger partial charge in [0.2, 0.25) is 0 Å². The fourth-order valence-electron chi connectivity index (χ4n) is 4.42. The van der Waals surface area contributed by atoms with E-state index in [4.69, 9.17) is 14.6 Å². The van der Waals surface area contributed by atoms with Crippen molar-refractivity contribution in [3.8, 4) is 0 Å². The van der Waals surface area contributed by atoms with Gasteiger partial charge >= 0.3 is 0 Å². The van der Waals surface area contributed by atoms with E-state index in [1.165, 1.54) is 5.41 Å². The van der Waals surface area contributed by atoms with Gasteiger partial charge in [0, 0.05) is 30.3 Å². The predicted octanol–water partition coefficient (Wildman–Crippen LogP) is 6.21. The number of carbonyl (C=O) groups is 1. The zero-order chi connectivity index (χ0) is 28.7. The number of ether oxygens (including phenoxy) is 2. The van der Waals surface area contributed by atoms with Crippen LogP contribution in [-0.4, -0.2) is 39.1 Å². The maximum atomic E-state index is 13.1. The number of benzene rings is 3. The molecule has 0 amide bonds. The minimum atomic E-state index is -3.65. The number of unbranched alkanes of at least 4 members (excludes halogenated alkanes) is 1. The van der Waals surface area contributed by atoms with Gasteiger partial charge in [-0.25, -0.2) is 8.42 Å². The van der Waals surface area contributed by atoms with E-state index in [9.17, 15) is 13.2 Å². The van der Waals surface area contributed by atoms with E-state index in [2.05, 4.69) is 0 Å². The first-order chi connectivity index (χ1) is 19.3. The van der Waals surface area contributed by atoms with E-state index < -0.39 is 15.3 Å². The van der Waals surface area contributed by atoms with Gasteiger partial charge < -0.3 is 14.6 Å². The molecule has 3 aromatic carbocycles. The summed E-state index contributed by atoms with van der Waals surface area (Å²) in [6.45, 7) is 3.12. The van der Waals surface area contributed by atoms with Crippen molar-refractivity contribution in [2.24, 2.45) is 5.41 Å². The van der Waals surface area contributed by atoms with Gasteiger partial charge in [0.25, 0.3) is 0 Å². The number of rotatable bonds is 18. The van der Waals surface area contributed by atoms with E-state index in [-0.39, 0.29) is 43.3 Å². The summed E-state index contributed by atoms with van der Waals surface area (Å²) < 4.78 is 38.2. The van der Waals surface area contributed by atoms with E-state index in [1.807, 2.05) is 67.6 Å². The second-order valence-corrected chi connectivity index (χ2v) is 12.1. The van der Waals surface area contributed by atoms with Crippen molar-refractivity contribution < 1.29 is 27.8 Å². The number of aliphatic hydroxyl groups is 1. The molecule has 0 bridgehead atoms. The fourth-order valence-corrected chi connectivity index (χ4v) is 5.45. The highest BCUT2D eigenvalue weighted by molar-refractivity contribution is 7.94. The Morgan fingerprint density at radius 2 is 1.38 bits per heavy atom. The number of hydrogen-bond acceptors (Lipinski definition) is 6. The predicted molar refractivity (Wildman–Crippen MR) is 157 cm³/mol. The topological polar surface area (TPSA) is 89.9 Å². The molecule has 0 aliphatic rings. The second-order valence-electron chi connectivity index (χ2n) is 10.3. The van der Waals surface area contributed by atoms with E-state index in [0.29, 0.717) is 32.5 Å². The monoisotopic (exact) mass is 564 g/mol. The quantitative estimate of drug-likeness (QED) is 0.185. The molecule has 0 atom stereocenters. The summed E-state index contributed by atoms with van der Waals surface area (Å²) in [5, 5.41) is 10.4. The molecular formula is C33H40O6S. The zero-order valence-electron chi connectivity index (χ0n) is 23.2. The summed E-state index contributed by atoms with van der Waals surface area (Å²) in [6, 6.07) is 26.3. The third-order valence-electron chi connectivity index (χ3n) is 6.65. The molecule has 0 saturated carbocycles. The lowest BCUT2D eigenvalue weighted by Gasteiger charge is -2.32. The highest BCUT2D eigenvalue weighted by atomic mass is 32.2. The summed E-state index contributed by atoms with van der Waals surface area (Å²) >= 11 is 0. The van der Waals surface area contributed by atoms with Crippen LogP contribution < -0.4 is 0 Å². The molecule has 0 radical (unpaired) electrons. The number of ketones is 1. The molecule has 3 rings (SSSR count). The number of allylic oxidation sites excluding steroid dienone is 1. The largest absolute Gasteiger partial charge is 0.396 e. The van der Waals surface area contributed by atoms with Gasteiger partial charge in [0.15, 0.2) is 9.84 Å². The number of carbonyl (C=O) groups excluding carboxylic acids is 1. The van der Waals surface area contributed by atoms with Gasteiger partial charge in [-0.05, 0) is 49.4 Å². The molecule has 0 heterocycles. The number of aryl methyl sites for hydroxylation is 1. The number of sulfone groups is 1. The van der Waals surface area contributed by atoms with Crippen LogP contribution in [0.2, 0.25) is 0 Å². The van der Waals surface area contributed by atoms with Gasteiger partial charge in [-0.1, -0.05) is 84.4 Å². The fraction of sp³-hybridized carbons (Fsp3) is 0.364. The highest BCUT2D eigenvalue weighted by Crippen LogP contribution is 2.31. The molecule has 1 N–H and O–H groups in total. The van der Waals surface area contributed by atoms with Crippen LogP contribution >= 0.6 is 0 Å². The molecule has 3 aromatic rings. The normalized spacial score (nSPS) is 12.2. The van der Waals surface area contributed by atoms with Gasteiger partial charge in [0.1, 0.15) is 5.78 Å². The molecule has 7 heteroatoms. The third kappa shape index (κ3) is 10.8. The average molecular weight is 565 g/mol. The molecular weight excluding hydrogens is 524 g/mol. The van der Waals surface area contributed by atoms with Crippen LogP contribution in [0.1, 0.15) is 48.8 Å². The van der Waals surface area contributed by atoms with Crippen LogP contribution in [0, 0.1) is 12.3 Å². The SMILES string of the molecule is Cc1ccc(S(=O)(=O)/C=C/CC(COCc2ccccc2)(COCc2ccccc2)CC(=O)CCCCO)cc1. The van der Waals surface area contributed by atoms with Gasteiger partial charge in [-0.15, -0.1) is 0 Å². The molecule has 0 fully saturated rings. The zero-order valence-corrected chi connectivity index (χ0v) is 24.0. The smallest absolute Gasteiger partial charge is 0.199 e. The summed E-state index contributed by atoms with van der Waals surface area (Å²) in [5.74, 6) is 0.0369. The molecule has 214 valence electrons. The van der Waals surface area contributed by atoms with Crippen molar-refractivity contribution in [1.82, 2.24) is 0 Å². The Kier molecular flexibility index (Phi) is 12.8. The lowest BCUT2D eigenvalue weighted by atomic mass is 9.80. The lowest BCUT2D eigenvalue weighted by molar-refractivity contribution is -0.125. The standard InChI is InChI=1S/C33H40O6S/c1-28-16-18-32(19-17-28)40(36,37)22-10-20-33(23-31(35)15-8-9-21-34,26-38-24-29-11-4-2-5-12-29)27-39-25-30-13-6-3-7-14-30/h2-7,10-14,16-19,22,34H,8-9,15,20-21,23-27H2,1H3/b22-10+. The van der Waals surface area contributed by atoms with Gasteiger partial charge in [0.05, 0.1) is 31.3 Å². The molecule has 0 aliphatic heterocycles. The first kappa shape index (κ1) is 31.4. The van der Waals surface area contributed by atoms with E-state index >= 15 is 0 Å². The van der Waals surface area contributed by atoms with Crippen LogP contribution in [0.3, 0.4) is 0 Å². The molecule has 40 heavy (non-hydrogen) atoms. The van der Waals surface area contributed by atoms with Crippen molar-refractivity contribution in [1.29, 1.82) is 0 Å². The molecule has 0 saturated heterocycles. The molecule has 0 aliphatic carbocycles. The van der Waals surface area contributed by atoms with E-state index in [0.717, 1.165) is 16.7 Å². The summed E-state index contributed by atoms with van der Waals surface area (Å²) in [7, 11) is -3.65. The van der Waals surface area contributed by atoms with Crippen LogP contribution in [-0.2, 0) is 37.3 Å². The number of aliphatic hydroxyl groups excluding tert-OH is 1. The number of Topliss-reactive ketones (excluding diaryl/α,β-unsaturated/α-hetero) is 1. The molecule has 0 unspecified atom stereocenters. The van der Waals surface area contributed by atoms with Gasteiger partial charge in [-0.3, -0.25) is 4.79 Å². The Morgan fingerprint density at radius 3 is 1.90 bits per heavy atom. The van der Waals surface area contributed by atoms with Gasteiger partial charge in [-0.2, -0.15) is 0 Å². The summed E-state index contributed by atoms with van der Waals surface area (Å²) in [5.41, 5.74) is 2.23. The summed E-state index contributed by atoms with van der Waals surface area (Å²) in [4.78, 5) is 13.3. The maximum absolute atomic E-state index is 13.1. The minimum absolute atomic E-state index is 0.0369. The van der Waals surface area contributed by atoms with E-state index in [1.54, 1.807) is 30.3 Å². The highest BCUT2D eigenvalue weighted by Gasteiger charge is 2.33. The molecule has 6 nitrogen and oxygen atoms in total. The Morgan fingerprint density at radius 1 is 0.825 bits per heavy atom. The second kappa shape index (κ2) is 16.2. The Hall–Kier alpha value is -3.10. The van der Waals surface area contributed by atoms with Crippen molar-refractivity contribution in [2.75, 3.05) is 19.8 Å². The van der Waals surface area contributed by atoms with Crippen molar-refractivity contribution in [3.05, 3.63) is 113 Å². The summed E-state index contributed by atoms with van der Waals surface area (Å²) in [6.07, 6.45) is 3.57. The Labute approximate surface area is 238 Å². The maximum Gasteiger partial charge on any atom is 0.199 e. The Balaban J connectivity index is 1.81. The molecule has 0 spiro atoms. The van der Waals surface area contributed by atoms with Crippen molar-refractivity contribution in [3.63, 3.8) is 0 Å². The molecule has 0 aromatic heterocycles. The van der Waals surface area contributed by atoms with Crippen molar-refractivity contribution in [2.45, 2.75) is 57.1 Å². The van der Waals surface area contributed by atoms with Crippen molar-refractivity contribution >= 4 is 15.6 Å². The van der Waals surface area contributed by atoms with Crippen LogP contribution in [0.25, 0.3) is 0 Å². The van der Waals surface area contributed by atoms with Crippen LogP contribution in [0.5, 0.6) is 0 Å². The lowest BCUT2D eigenvalue weighted by Crippen LogP contribution is -2.35. The van der Waals surface area contributed by atoms with Crippen LogP contribution in [0.15, 0.2) is 101 Å². The third-order valence-corrected chi connectivity index (χ3v) is 8.13. The Bertz CT molecular complexity index is 1240. The first-order valence-corrected chi connectivity index (χ1v) is 15.2. The average Bonchev–Trinajstić information content (AvgIpc) is 2.94. The van der Waals surface area contributed by atoms with Crippen LogP contribution in [0.4, 0.5) is 0 Å².